The molecule has 1 heterocycles. The van der Waals surface area contributed by atoms with Gasteiger partial charge >= 0.3 is 0 Å². The van der Waals surface area contributed by atoms with Gasteiger partial charge in [-0.05, 0) is 19.1 Å². The van der Waals surface area contributed by atoms with Gasteiger partial charge in [-0.1, -0.05) is 0 Å². The van der Waals surface area contributed by atoms with Crippen LogP contribution < -0.4 is 4.72 Å². The van der Waals surface area contributed by atoms with Gasteiger partial charge in [-0.2, -0.15) is 0 Å². The molecule has 0 aliphatic carbocycles. The van der Waals surface area contributed by atoms with Gasteiger partial charge in [0.15, 0.2) is 5.58 Å². The molecule has 1 N–H and O–H groups in total. The van der Waals surface area contributed by atoms with E-state index in [0.29, 0.717) is 11.1 Å². The summed E-state index contributed by atoms with van der Waals surface area (Å²) in [7, 11) is -3.29. The third kappa shape index (κ3) is 2.80. The van der Waals surface area contributed by atoms with E-state index in [1.54, 1.807) is 0 Å². The summed E-state index contributed by atoms with van der Waals surface area (Å²) >= 11 is 0. The molecule has 0 aliphatic heterocycles. The highest BCUT2D eigenvalue weighted by atomic mass is 32.2. The monoisotopic (exact) mass is 258 g/mol. The quantitative estimate of drug-likeness (QED) is 0.899. The van der Waals surface area contributed by atoms with Gasteiger partial charge in [-0.3, -0.25) is 0 Å². The maximum Gasteiger partial charge on any atom is 0.211 e. The second kappa shape index (κ2) is 4.42. The first kappa shape index (κ1) is 12.0. The van der Waals surface area contributed by atoms with Gasteiger partial charge in [0.05, 0.1) is 12.3 Å². The van der Waals surface area contributed by atoms with Crippen molar-refractivity contribution in [2.24, 2.45) is 0 Å². The molecule has 92 valence electrons. The summed E-state index contributed by atoms with van der Waals surface area (Å²) in [5, 5.41) is 0. The summed E-state index contributed by atoms with van der Waals surface area (Å²) in [5.74, 6) is -0.212. The van der Waals surface area contributed by atoms with Crippen molar-refractivity contribution in [1.29, 1.82) is 0 Å². The highest BCUT2D eigenvalue weighted by Crippen LogP contribution is 2.16. The second-order valence-corrected chi connectivity index (χ2v) is 5.54. The van der Waals surface area contributed by atoms with Crippen LogP contribution in [0, 0.1) is 5.82 Å². The number of sulfonamides is 1. The first-order chi connectivity index (χ1) is 8.00. The average Bonchev–Trinajstić information content (AvgIpc) is 2.68. The Morgan fingerprint density at radius 3 is 2.94 bits per heavy atom. The number of halogens is 1. The van der Waals surface area contributed by atoms with Crippen molar-refractivity contribution in [1.82, 2.24) is 9.71 Å². The van der Waals surface area contributed by atoms with E-state index in [9.17, 15) is 12.8 Å². The van der Waals surface area contributed by atoms with Crippen LogP contribution in [-0.4, -0.2) is 19.2 Å². The molecule has 0 amide bonds. The smallest absolute Gasteiger partial charge is 0.211 e. The fourth-order valence-corrected chi connectivity index (χ4v) is 1.85. The molecule has 0 radical (unpaired) electrons. The minimum absolute atomic E-state index is 0.0120. The van der Waals surface area contributed by atoms with Crippen LogP contribution in [0.25, 0.3) is 11.1 Å². The molecular formula is C10H11FN2O3S. The van der Waals surface area contributed by atoms with E-state index < -0.39 is 15.8 Å². The maximum absolute atomic E-state index is 12.9. The van der Waals surface area contributed by atoms with Crippen molar-refractivity contribution >= 4 is 21.1 Å². The van der Waals surface area contributed by atoms with E-state index in [4.69, 9.17) is 4.42 Å². The molecular weight excluding hydrogens is 247 g/mol. The van der Waals surface area contributed by atoms with Crippen LogP contribution in [0.5, 0.6) is 0 Å². The van der Waals surface area contributed by atoms with Crippen LogP contribution in [0.3, 0.4) is 0 Å². The molecule has 5 nitrogen and oxygen atoms in total. The highest BCUT2D eigenvalue weighted by Gasteiger charge is 2.10. The predicted molar refractivity (Wildman–Crippen MR) is 60.3 cm³/mol. The number of hydrogen-bond donors (Lipinski definition) is 1. The molecule has 0 bridgehead atoms. The van der Waals surface area contributed by atoms with E-state index in [2.05, 4.69) is 9.71 Å². The molecule has 7 heteroatoms. The van der Waals surface area contributed by atoms with Crippen LogP contribution in [0.4, 0.5) is 4.39 Å². The SMILES string of the molecule is CCS(=O)(=O)NCc1nc2cc(F)ccc2o1. The van der Waals surface area contributed by atoms with Crippen molar-refractivity contribution in [2.75, 3.05) is 5.75 Å². The fraction of sp³-hybridized carbons (Fsp3) is 0.300. The van der Waals surface area contributed by atoms with E-state index >= 15 is 0 Å². The van der Waals surface area contributed by atoms with Gasteiger partial charge in [0.2, 0.25) is 15.9 Å². The zero-order chi connectivity index (χ0) is 12.5. The lowest BCUT2D eigenvalue weighted by atomic mass is 10.3. The Morgan fingerprint density at radius 1 is 1.47 bits per heavy atom. The average molecular weight is 258 g/mol. The third-order valence-corrected chi connectivity index (χ3v) is 3.56. The summed E-state index contributed by atoms with van der Waals surface area (Å²) in [6, 6.07) is 3.94. The van der Waals surface area contributed by atoms with Crippen LogP contribution in [0.1, 0.15) is 12.8 Å². The van der Waals surface area contributed by atoms with Crippen LogP contribution in [0.2, 0.25) is 0 Å². The first-order valence-electron chi connectivity index (χ1n) is 5.02. The van der Waals surface area contributed by atoms with Crippen molar-refractivity contribution in [3.05, 3.63) is 29.9 Å². The maximum atomic E-state index is 12.9. The summed E-state index contributed by atoms with van der Waals surface area (Å²) in [5.41, 5.74) is 0.799. The van der Waals surface area contributed by atoms with Gasteiger partial charge in [0, 0.05) is 6.07 Å². The largest absolute Gasteiger partial charge is 0.439 e. The van der Waals surface area contributed by atoms with Gasteiger partial charge in [-0.25, -0.2) is 22.5 Å². The van der Waals surface area contributed by atoms with Crippen LogP contribution in [0.15, 0.2) is 22.6 Å². The molecule has 0 saturated carbocycles. The van der Waals surface area contributed by atoms with Gasteiger partial charge in [0.1, 0.15) is 11.3 Å². The summed E-state index contributed by atoms with van der Waals surface area (Å²) < 4.78 is 42.9. The summed E-state index contributed by atoms with van der Waals surface area (Å²) in [6.07, 6.45) is 0. The van der Waals surface area contributed by atoms with Gasteiger partial charge in [-0.15, -0.1) is 0 Å². The van der Waals surface area contributed by atoms with E-state index in [-0.39, 0.29) is 18.2 Å². The lowest BCUT2D eigenvalue weighted by molar-refractivity contribution is 0.513. The van der Waals surface area contributed by atoms with Crippen molar-refractivity contribution in [2.45, 2.75) is 13.5 Å². The Balaban J connectivity index is 2.20. The van der Waals surface area contributed by atoms with Crippen molar-refractivity contribution in [3.63, 3.8) is 0 Å². The molecule has 0 fully saturated rings. The number of oxazole rings is 1. The second-order valence-electron chi connectivity index (χ2n) is 3.44. The topological polar surface area (TPSA) is 72.2 Å². The van der Waals surface area contributed by atoms with Crippen molar-refractivity contribution in [3.8, 4) is 0 Å². The first-order valence-corrected chi connectivity index (χ1v) is 6.68. The Morgan fingerprint density at radius 2 is 2.24 bits per heavy atom. The number of fused-ring (bicyclic) bond motifs is 1. The van der Waals surface area contributed by atoms with E-state index in [0.717, 1.165) is 0 Å². The summed E-state index contributed by atoms with van der Waals surface area (Å²) in [6.45, 7) is 1.50. The van der Waals surface area contributed by atoms with Gasteiger partial charge in [0.25, 0.3) is 0 Å². The zero-order valence-electron chi connectivity index (χ0n) is 9.10. The standard InChI is InChI=1S/C10H11FN2O3S/c1-2-17(14,15)12-6-10-13-8-5-7(11)3-4-9(8)16-10/h3-5,12H,2,6H2,1H3. The number of aromatic nitrogens is 1. The minimum atomic E-state index is -3.29. The number of nitrogens with one attached hydrogen (secondary N) is 1. The van der Waals surface area contributed by atoms with E-state index in [1.165, 1.54) is 25.1 Å². The number of rotatable bonds is 4. The lowest BCUT2D eigenvalue weighted by Gasteiger charge is -1.99. The Hall–Kier alpha value is -1.47. The highest BCUT2D eigenvalue weighted by molar-refractivity contribution is 7.89. The Kier molecular flexibility index (Phi) is 3.12. The molecule has 0 unspecified atom stereocenters. The molecule has 1 aromatic heterocycles. The lowest BCUT2D eigenvalue weighted by Crippen LogP contribution is -2.24. The number of benzene rings is 1. The molecule has 2 aromatic rings. The molecule has 1 aromatic carbocycles. The van der Waals surface area contributed by atoms with Crippen LogP contribution in [-0.2, 0) is 16.6 Å². The molecule has 0 spiro atoms. The predicted octanol–water partition coefficient (Wildman–Crippen LogP) is 1.41. The number of hydrogen-bond acceptors (Lipinski definition) is 4. The minimum Gasteiger partial charge on any atom is -0.439 e. The molecule has 0 saturated heterocycles. The Bertz CT molecular complexity index is 636. The Labute approximate surface area is 97.7 Å². The molecule has 2 rings (SSSR count). The third-order valence-electron chi connectivity index (χ3n) is 2.22. The fourth-order valence-electron chi connectivity index (χ4n) is 1.30. The normalized spacial score (nSPS) is 12.1. The molecule has 17 heavy (non-hydrogen) atoms. The van der Waals surface area contributed by atoms with E-state index in [1.807, 2.05) is 0 Å². The molecule has 0 atom stereocenters. The van der Waals surface area contributed by atoms with Crippen LogP contribution >= 0.6 is 0 Å². The van der Waals surface area contributed by atoms with Gasteiger partial charge < -0.3 is 4.42 Å². The summed E-state index contributed by atoms with van der Waals surface area (Å²) in [4.78, 5) is 3.98. The van der Waals surface area contributed by atoms with Crippen molar-refractivity contribution < 1.29 is 17.2 Å². The number of nitrogens with zero attached hydrogens (tertiary/aromatic N) is 1. The molecule has 0 aliphatic rings. The zero-order valence-corrected chi connectivity index (χ0v) is 9.92.